The molecule has 0 saturated carbocycles. The van der Waals surface area contributed by atoms with Crippen LogP contribution in [0.2, 0.25) is 0 Å². The predicted octanol–water partition coefficient (Wildman–Crippen LogP) is 2.18. The number of carbonyl (C=O) groups is 1. The van der Waals surface area contributed by atoms with Gasteiger partial charge in [-0.2, -0.15) is 4.80 Å². The number of nitrogens with one attached hydrogen (secondary N) is 1. The average Bonchev–Trinajstić information content (AvgIpc) is 2.94. The van der Waals surface area contributed by atoms with Crippen LogP contribution in [0.15, 0.2) is 42.5 Å². The van der Waals surface area contributed by atoms with Crippen molar-refractivity contribution < 1.29 is 4.79 Å². The molecule has 0 saturated heterocycles. The highest BCUT2D eigenvalue weighted by Gasteiger charge is 2.11. The molecule has 1 heterocycles. The van der Waals surface area contributed by atoms with Gasteiger partial charge < -0.3 is 11.1 Å². The van der Waals surface area contributed by atoms with E-state index in [9.17, 15) is 4.79 Å². The Hall–Kier alpha value is -3.22. The Labute approximate surface area is 139 Å². The summed E-state index contributed by atoms with van der Waals surface area (Å²) in [7, 11) is 0. The standard InChI is InChI=1S/C17H18N6O/c1-11-7-12(2)9-13(8-11)19-16(24)10-23-21-17(20-22-23)14-5-3-4-6-15(14)18/h3-9H,10,18H2,1-2H3,(H,19,24). The molecule has 3 rings (SSSR count). The average molecular weight is 322 g/mol. The first-order chi connectivity index (χ1) is 11.5. The van der Waals surface area contributed by atoms with Crippen LogP contribution in [0.1, 0.15) is 11.1 Å². The van der Waals surface area contributed by atoms with Crippen molar-refractivity contribution in [3.05, 3.63) is 53.6 Å². The predicted molar refractivity (Wildman–Crippen MR) is 92.2 cm³/mol. The molecule has 1 amide bonds. The van der Waals surface area contributed by atoms with Gasteiger partial charge in [-0.3, -0.25) is 4.79 Å². The van der Waals surface area contributed by atoms with E-state index in [0.29, 0.717) is 17.1 Å². The number of benzene rings is 2. The summed E-state index contributed by atoms with van der Waals surface area (Å²) < 4.78 is 0. The van der Waals surface area contributed by atoms with Crippen molar-refractivity contribution in [2.75, 3.05) is 11.1 Å². The van der Waals surface area contributed by atoms with E-state index >= 15 is 0 Å². The minimum Gasteiger partial charge on any atom is -0.398 e. The van der Waals surface area contributed by atoms with Crippen LogP contribution in [0.5, 0.6) is 0 Å². The molecule has 0 aliphatic rings. The molecule has 0 bridgehead atoms. The van der Waals surface area contributed by atoms with Crippen molar-refractivity contribution in [2.45, 2.75) is 20.4 Å². The van der Waals surface area contributed by atoms with E-state index in [0.717, 1.165) is 16.8 Å². The second-order valence-corrected chi connectivity index (χ2v) is 5.66. The lowest BCUT2D eigenvalue weighted by atomic mass is 10.1. The summed E-state index contributed by atoms with van der Waals surface area (Å²) in [5.41, 5.74) is 10.1. The maximum absolute atomic E-state index is 12.2. The van der Waals surface area contributed by atoms with Crippen LogP contribution >= 0.6 is 0 Å². The third kappa shape index (κ3) is 3.57. The first-order valence-electron chi connectivity index (χ1n) is 7.52. The third-order valence-electron chi connectivity index (χ3n) is 3.45. The van der Waals surface area contributed by atoms with Crippen molar-refractivity contribution in [3.63, 3.8) is 0 Å². The molecule has 0 aliphatic heterocycles. The Balaban J connectivity index is 1.70. The molecule has 0 unspecified atom stereocenters. The summed E-state index contributed by atoms with van der Waals surface area (Å²) in [6.45, 7) is 3.95. The van der Waals surface area contributed by atoms with E-state index in [-0.39, 0.29) is 12.5 Å². The quantitative estimate of drug-likeness (QED) is 0.717. The molecule has 0 fully saturated rings. The lowest BCUT2D eigenvalue weighted by Crippen LogP contribution is -2.20. The molecule has 3 N–H and O–H groups in total. The minimum absolute atomic E-state index is 0.0211. The van der Waals surface area contributed by atoms with Gasteiger partial charge in [0.1, 0.15) is 6.54 Å². The fourth-order valence-electron chi connectivity index (χ4n) is 2.49. The molecule has 0 aliphatic carbocycles. The van der Waals surface area contributed by atoms with Gasteiger partial charge in [-0.05, 0) is 54.5 Å². The maximum atomic E-state index is 12.2. The number of tetrazole rings is 1. The van der Waals surface area contributed by atoms with Gasteiger partial charge in [0, 0.05) is 16.9 Å². The molecule has 1 aromatic heterocycles. The van der Waals surface area contributed by atoms with Gasteiger partial charge in [0.15, 0.2) is 0 Å². The zero-order valence-corrected chi connectivity index (χ0v) is 13.5. The van der Waals surface area contributed by atoms with Crippen LogP contribution in [0.3, 0.4) is 0 Å². The number of hydrogen-bond donors (Lipinski definition) is 2. The van der Waals surface area contributed by atoms with Crippen molar-refractivity contribution in [2.24, 2.45) is 0 Å². The maximum Gasteiger partial charge on any atom is 0.248 e. The van der Waals surface area contributed by atoms with Crippen molar-refractivity contribution >= 4 is 17.3 Å². The second kappa shape index (κ2) is 6.49. The molecule has 122 valence electrons. The number of nitrogens with zero attached hydrogens (tertiary/aromatic N) is 4. The molecule has 3 aromatic rings. The highest BCUT2D eigenvalue weighted by molar-refractivity contribution is 5.90. The molecule has 0 spiro atoms. The van der Waals surface area contributed by atoms with Gasteiger partial charge >= 0.3 is 0 Å². The first kappa shape index (κ1) is 15.7. The third-order valence-corrected chi connectivity index (χ3v) is 3.45. The summed E-state index contributed by atoms with van der Waals surface area (Å²) in [4.78, 5) is 13.4. The number of amides is 1. The van der Waals surface area contributed by atoms with E-state index in [1.165, 1.54) is 4.80 Å². The molecular weight excluding hydrogens is 304 g/mol. The van der Waals surface area contributed by atoms with Gasteiger partial charge in [0.2, 0.25) is 11.7 Å². The largest absolute Gasteiger partial charge is 0.398 e. The summed E-state index contributed by atoms with van der Waals surface area (Å²) in [6.07, 6.45) is 0. The van der Waals surface area contributed by atoms with E-state index in [4.69, 9.17) is 5.73 Å². The number of para-hydroxylation sites is 1. The van der Waals surface area contributed by atoms with Crippen LogP contribution in [-0.2, 0) is 11.3 Å². The second-order valence-electron chi connectivity index (χ2n) is 5.66. The topological polar surface area (TPSA) is 98.7 Å². The van der Waals surface area contributed by atoms with Crippen LogP contribution < -0.4 is 11.1 Å². The van der Waals surface area contributed by atoms with Crippen LogP contribution in [-0.4, -0.2) is 26.1 Å². The lowest BCUT2D eigenvalue weighted by Gasteiger charge is -2.06. The van der Waals surface area contributed by atoms with Crippen molar-refractivity contribution in [3.8, 4) is 11.4 Å². The Kier molecular flexibility index (Phi) is 4.24. The zero-order valence-electron chi connectivity index (χ0n) is 13.5. The number of aromatic nitrogens is 4. The highest BCUT2D eigenvalue weighted by atomic mass is 16.2. The Morgan fingerprint density at radius 1 is 1.17 bits per heavy atom. The van der Waals surface area contributed by atoms with E-state index < -0.39 is 0 Å². The van der Waals surface area contributed by atoms with Gasteiger partial charge in [-0.25, -0.2) is 0 Å². The highest BCUT2D eigenvalue weighted by Crippen LogP contribution is 2.20. The summed E-state index contributed by atoms with van der Waals surface area (Å²) in [5, 5.41) is 14.9. The molecule has 7 heteroatoms. The Morgan fingerprint density at radius 3 is 2.58 bits per heavy atom. The van der Waals surface area contributed by atoms with Crippen LogP contribution in [0.25, 0.3) is 11.4 Å². The number of hydrogen-bond acceptors (Lipinski definition) is 5. The van der Waals surface area contributed by atoms with Gasteiger partial charge in [0.25, 0.3) is 0 Å². The Morgan fingerprint density at radius 2 is 1.88 bits per heavy atom. The zero-order chi connectivity index (χ0) is 17.1. The Bertz CT molecular complexity index is 866. The van der Waals surface area contributed by atoms with Gasteiger partial charge in [-0.1, -0.05) is 18.2 Å². The number of anilines is 2. The number of rotatable bonds is 4. The van der Waals surface area contributed by atoms with Crippen molar-refractivity contribution in [1.29, 1.82) is 0 Å². The number of nitrogen functional groups attached to an aromatic ring is 1. The molecular formula is C17H18N6O. The first-order valence-corrected chi connectivity index (χ1v) is 7.52. The molecule has 2 aromatic carbocycles. The minimum atomic E-state index is -0.218. The van der Waals surface area contributed by atoms with Gasteiger partial charge in [-0.15, -0.1) is 10.2 Å². The van der Waals surface area contributed by atoms with Crippen LogP contribution in [0.4, 0.5) is 11.4 Å². The summed E-state index contributed by atoms with van der Waals surface area (Å²) >= 11 is 0. The molecule has 24 heavy (non-hydrogen) atoms. The fourth-order valence-corrected chi connectivity index (χ4v) is 2.49. The smallest absolute Gasteiger partial charge is 0.248 e. The SMILES string of the molecule is Cc1cc(C)cc(NC(=O)Cn2nnc(-c3ccccc3N)n2)c1. The monoisotopic (exact) mass is 322 g/mol. The van der Waals surface area contributed by atoms with E-state index in [1.807, 2.05) is 50.2 Å². The fraction of sp³-hybridized carbons (Fsp3) is 0.176. The number of aryl methyl sites for hydroxylation is 2. The van der Waals surface area contributed by atoms with E-state index in [2.05, 4.69) is 20.7 Å². The number of carbonyl (C=O) groups excluding carboxylic acids is 1. The molecule has 7 nitrogen and oxygen atoms in total. The normalized spacial score (nSPS) is 10.6. The van der Waals surface area contributed by atoms with E-state index in [1.54, 1.807) is 6.07 Å². The molecule has 0 atom stereocenters. The molecule has 0 radical (unpaired) electrons. The summed E-state index contributed by atoms with van der Waals surface area (Å²) in [5.74, 6) is 0.178. The lowest BCUT2D eigenvalue weighted by molar-refractivity contribution is -0.117. The van der Waals surface area contributed by atoms with Crippen LogP contribution in [0, 0.1) is 13.8 Å². The summed E-state index contributed by atoms with van der Waals surface area (Å²) in [6, 6.07) is 13.1. The van der Waals surface area contributed by atoms with Gasteiger partial charge in [0.05, 0.1) is 0 Å². The number of nitrogens with two attached hydrogens (primary N) is 1. The van der Waals surface area contributed by atoms with Crippen molar-refractivity contribution in [1.82, 2.24) is 20.2 Å².